The maximum Gasteiger partial charge on any atom is 0.214 e. The second-order valence-corrected chi connectivity index (χ2v) is 8.15. The summed E-state index contributed by atoms with van der Waals surface area (Å²) in [5, 5.41) is 4.67. The number of anilines is 1. The number of hydrogen-bond donors (Lipinski definition) is 1. The second-order valence-electron chi connectivity index (χ2n) is 8.15. The molecule has 6 nitrogen and oxygen atoms in total. The lowest BCUT2D eigenvalue weighted by molar-refractivity contribution is 0.157. The lowest BCUT2D eigenvalue weighted by atomic mass is 9.98. The Labute approximate surface area is 161 Å². The van der Waals surface area contributed by atoms with E-state index in [1.54, 1.807) is 12.5 Å². The zero-order valence-electron chi connectivity index (χ0n) is 16.4. The fraction of sp³-hybridized carbons (Fsp3) is 0.667. The van der Waals surface area contributed by atoms with Crippen LogP contribution in [0, 0.1) is 5.92 Å². The summed E-state index contributed by atoms with van der Waals surface area (Å²) < 4.78 is 6.04. The summed E-state index contributed by atoms with van der Waals surface area (Å²) >= 11 is 0. The van der Waals surface area contributed by atoms with Gasteiger partial charge in [-0.2, -0.15) is 0 Å². The molecule has 2 fully saturated rings. The molecule has 6 heteroatoms. The first-order valence-electron chi connectivity index (χ1n) is 10.5. The third-order valence-electron chi connectivity index (χ3n) is 6.00. The molecule has 1 N–H and O–H groups in total. The van der Waals surface area contributed by atoms with Crippen molar-refractivity contribution in [3.63, 3.8) is 0 Å². The van der Waals surface area contributed by atoms with Crippen molar-refractivity contribution in [3.05, 3.63) is 18.6 Å². The maximum absolute atomic E-state index is 6.04. The Kier molecular flexibility index (Phi) is 6.02. The topological polar surface area (TPSA) is 63.2 Å². The number of piperidine rings is 1. The van der Waals surface area contributed by atoms with Crippen molar-refractivity contribution in [2.24, 2.45) is 5.92 Å². The van der Waals surface area contributed by atoms with Gasteiger partial charge in [-0.1, -0.05) is 25.7 Å². The first kappa shape index (κ1) is 18.4. The second kappa shape index (κ2) is 8.83. The summed E-state index contributed by atoms with van der Waals surface area (Å²) in [4.78, 5) is 15.7. The number of fused-ring (bicyclic) bond motifs is 1. The minimum absolute atomic E-state index is 0.502. The molecule has 0 bridgehead atoms. The van der Waals surface area contributed by atoms with Gasteiger partial charge in [-0.15, -0.1) is 0 Å². The van der Waals surface area contributed by atoms with E-state index in [9.17, 15) is 0 Å². The molecule has 0 radical (unpaired) electrons. The molecule has 0 atom stereocenters. The molecule has 0 amide bonds. The highest BCUT2D eigenvalue weighted by atomic mass is 16.5. The van der Waals surface area contributed by atoms with E-state index < -0.39 is 0 Å². The normalized spacial score (nSPS) is 20.5. The van der Waals surface area contributed by atoms with E-state index in [0.717, 1.165) is 36.4 Å². The zero-order valence-corrected chi connectivity index (χ0v) is 16.4. The molecule has 1 aliphatic carbocycles. The number of ether oxygens (including phenoxy) is 1. The van der Waals surface area contributed by atoms with Crippen LogP contribution in [0.1, 0.15) is 51.4 Å². The summed E-state index contributed by atoms with van der Waals surface area (Å²) in [6.07, 6.45) is 13.6. The molecule has 2 aromatic rings. The van der Waals surface area contributed by atoms with E-state index in [-0.39, 0.29) is 0 Å². The molecule has 1 saturated heterocycles. The van der Waals surface area contributed by atoms with Crippen LogP contribution in [0.3, 0.4) is 0 Å². The molecule has 2 aliphatic rings. The average Bonchev–Trinajstić information content (AvgIpc) is 2.96. The van der Waals surface area contributed by atoms with Gasteiger partial charge in [-0.25, -0.2) is 15.0 Å². The zero-order chi connectivity index (χ0) is 18.5. The van der Waals surface area contributed by atoms with Gasteiger partial charge in [0.1, 0.15) is 12.1 Å². The summed E-state index contributed by atoms with van der Waals surface area (Å²) in [6.45, 7) is 3.05. The van der Waals surface area contributed by atoms with Gasteiger partial charge in [0.2, 0.25) is 5.88 Å². The number of nitrogens with one attached hydrogen (secondary N) is 1. The minimum Gasteiger partial charge on any atom is -0.477 e. The first-order chi connectivity index (χ1) is 13.3. The van der Waals surface area contributed by atoms with Gasteiger partial charge < -0.3 is 15.0 Å². The van der Waals surface area contributed by atoms with Crippen molar-refractivity contribution in [2.45, 2.75) is 57.4 Å². The first-order valence-corrected chi connectivity index (χ1v) is 10.5. The predicted molar refractivity (Wildman–Crippen MR) is 108 cm³/mol. The van der Waals surface area contributed by atoms with Crippen molar-refractivity contribution in [2.75, 3.05) is 32.1 Å². The number of rotatable bonds is 5. The molecule has 0 aromatic carbocycles. The van der Waals surface area contributed by atoms with Crippen molar-refractivity contribution < 1.29 is 4.74 Å². The van der Waals surface area contributed by atoms with Crippen LogP contribution in [-0.2, 0) is 0 Å². The number of aromatic nitrogens is 3. The van der Waals surface area contributed by atoms with Crippen LogP contribution >= 0.6 is 0 Å². The Morgan fingerprint density at radius 1 is 1.04 bits per heavy atom. The Morgan fingerprint density at radius 2 is 1.81 bits per heavy atom. The molecule has 2 aromatic heterocycles. The van der Waals surface area contributed by atoms with Gasteiger partial charge in [0, 0.05) is 17.5 Å². The SMILES string of the molecule is CN1CCC(COc2cc3c(NC4CCCCCC4)ncnc3cn2)CC1. The van der Waals surface area contributed by atoms with Gasteiger partial charge in [-0.3, -0.25) is 0 Å². The molecule has 4 rings (SSSR count). The van der Waals surface area contributed by atoms with Gasteiger partial charge in [-0.05, 0) is 51.7 Å². The molecule has 0 spiro atoms. The van der Waals surface area contributed by atoms with Crippen LogP contribution in [0.4, 0.5) is 5.82 Å². The van der Waals surface area contributed by atoms with Gasteiger partial charge in [0.05, 0.1) is 18.3 Å². The average molecular weight is 370 g/mol. The highest BCUT2D eigenvalue weighted by Crippen LogP contribution is 2.26. The van der Waals surface area contributed by atoms with Gasteiger partial charge in [0.25, 0.3) is 0 Å². The van der Waals surface area contributed by atoms with Crippen LogP contribution in [0.15, 0.2) is 18.6 Å². The standard InChI is InChI=1S/C21H31N5O/c1-26-10-8-16(9-11-26)14-27-20-12-18-19(13-22-20)23-15-24-21(18)25-17-6-4-2-3-5-7-17/h12-13,15-17H,2-11,14H2,1H3,(H,23,24,25). The van der Waals surface area contributed by atoms with Crippen LogP contribution < -0.4 is 10.1 Å². The highest BCUT2D eigenvalue weighted by Gasteiger charge is 2.18. The molecule has 27 heavy (non-hydrogen) atoms. The van der Waals surface area contributed by atoms with E-state index in [1.165, 1.54) is 51.4 Å². The monoisotopic (exact) mass is 369 g/mol. The van der Waals surface area contributed by atoms with Crippen molar-refractivity contribution in [3.8, 4) is 5.88 Å². The Hall–Kier alpha value is -1.95. The predicted octanol–water partition coefficient (Wildman–Crippen LogP) is 3.88. The van der Waals surface area contributed by atoms with E-state index in [1.807, 2.05) is 6.07 Å². The number of nitrogens with zero attached hydrogens (tertiary/aromatic N) is 4. The Morgan fingerprint density at radius 3 is 2.59 bits per heavy atom. The van der Waals surface area contributed by atoms with Crippen molar-refractivity contribution in [1.82, 2.24) is 19.9 Å². The third-order valence-corrected chi connectivity index (χ3v) is 6.00. The third kappa shape index (κ3) is 4.86. The van der Waals surface area contributed by atoms with Crippen LogP contribution in [0.5, 0.6) is 5.88 Å². The summed E-state index contributed by atoms with van der Waals surface area (Å²) in [7, 11) is 2.19. The van der Waals surface area contributed by atoms with Crippen LogP contribution in [0.25, 0.3) is 10.9 Å². The molecular formula is C21H31N5O. The van der Waals surface area contributed by atoms with Gasteiger partial charge in [0.15, 0.2) is 0 Å². The number of likely N-dealkylation sites (tertiary alicyclic amines) is 1. The summed E-state index contributed by atoms with van der Waals surface area (Å²) in [5.74, 6) is 2.22. The smallest absolute Gasteiger partial charge is 0.214 e. The largest absolute Gasteiger partial charge is 0.477 e. The van der Waals surface area contributed by atoms with Crippen molar-refractivity contribution in [1.29, 1.82) is 0 Å². The lowest BCUT2D eigenvalue weighted by Gasteiger charge is -2.28. The van der Waals surface area contributed by atoms with E-state index >= 15 is 0 Å². The Bertz CT molecular complexity index is 736. The molecule has 0 unspecified atom stereocenters. The fourth-order valence-electron chi connectivity index (χ4n) is 4.18. The molecule has 146 valence electrons. The maximum atomic E-state index is 6.04. The lowest BCUT2D eigenvalue weighted by Crippen LogP contribution is -2.32. The summed E-state index contributed by atoms with van der Waals surface area (Å²) in [5.41, 5.74) is 0.868. The van der Waals surface area contributed by atoms with Crippen LogP contribution in [-0.4, -0.2) is 52.6 Å². The Balaban J connectivity index is 1.45. The molecule has 1 saturated carbocycles. The fourth-order valence-corrected chi connectivity index (χ4v) is 4.18. The number of hydrogen-bond acceptors (Lipinski definition) is 6. The van der Waals surface area contributed by atoms with Crippen LogP contribution in [0.2, 0.25) is 0 Å². The quantitative estimate of drug-likeness (QED) is 0.807. The van der Waals surface area contributed by atoms with E-state index in [4.69, 9.17) is 4.74 Å². The number of pyridine rings is 1. The minimum atomic E-state index is 0.502. The highest BCUT2D eigenvalue weighted by molar-refractivity contribution is 5.89. The van der Waals surface area contributed by atoms with Gasteiger partial charge >= 0.3 is 0 Å². The van der Waals surface area contributed by atoms with E-state index in [2.05, 4.69) is 32.2 Å². The molecule has 3 heterocycles. The molecular weight excluding hydrogens is 338 g/mol. The van der Waals surface area contributed by atoms with Crippen molar-refractivity contribution >= 4 is 16.7 Å². The molecule has 1 aliphatic heterocycles. The summed E-state index contributed by atoms with van der Waals surface area (Å²) in [6, 6.07) is 2.51. The van der Waals surface area contributed by atoms with E-state index in [0.29, 0.717) is 17.8 Å².